The first-order valence-corrected chi connectivity index (χ1v) is 11.9. The van der Waals surface area contributed by atoms with E-state index < -0.39 is 0 Å². The number of hydrogen-bond acceptors (Lipinski definition) is 4. The van der Waals surface area contributed by atoms with Crippen LogP contribution in [0.15, 0.2) is 72.8 Å². The van der Waals surface area contributed by atoms with E-state index in [-0.39, 0.29) is 17.7 Å². The maximum atomic E-state index is 13.6. The number of ether oxygens (including phenoxy) is 1. The van der Waals surface area contributed by atoms with Gasteiger partial charge >= 0.3 is 0 Å². The molecule has 3 aromatic carbocycles. The van der Waals surface area contributed by atoms with Gasteiger partial charge in [0.15, 0.2) is 0 Å². The molecule has 1 aromatic heterocycles. The fraction of sp³-hybridized carbons (Fsp3) is 0.241. The summed E-state index contributed by atoms with van der Waals surface area (Å²) in [5.74, 6) is 1.28. The van der Waals surface area contributed by atoms with Crippen LogP contribution in [0.5, 0.6) is 11.5 Å². The molecule has 1 aliphatic heterocycles. The lowest BCUT2D eigenvalue weighted by Crippen LogP contribution is -2.31. The van der Waals surface area contributed by atoms with Crippen LogP contribution in [-0.4, -0.2) is 39.8 Å². The number of para-hydroxylation sites is 1. The second kappa shape index (κ2) is 9.29. The third-order valence-electron chi connectivity index (χ3n) is 6.74. The highest BCUT2D eigenvalue weighted by molar-refractivity contribution is 6.00. The highest BCUT2D eigenvalue weighted by Crippen LogP contribution is 2.44. The summed E-state index contributed by atoms with van der Waals surface area (Å²) in [7, 11) is 1.65. The topological polar surface area (TPSA) is 78.5 Å². The first kappa shape index (κ1) is 22.7. The third kappa shape index (κ3) is 4.16. The molecule has 0 bridgehead atoms. The fourth-order valence-electron chi connectivity index (χ4n) is 4.76. The molecule has 2 N–H and O–H groups in total. The minimum atomic E-state index is -0.301. The van der Waals surface area contributed by atoms with E-state index in [0.29, 0.717) is 35.8 Å². The number of hydrogen-bond donors (Lipinski definition) is 2. The number of aromatic hydroxyl groups is 1. The number of carbonyl (C=O) groups is 1. The Labute approximate surface area is 205 Å². The molecule has 0 saturated carbocycles. The number of phenols is 1. The minimum absolute atomic E-state index is 0.0828. The number of nitrogens with zero attached hydrogens (tertiary/aromatic N) is 2. The second-order valence-corrected chi connectivity index (χ2v) is 9.20. The van der Waals surface area contributed by atoms with Crippen molar-refractivity contribution in [2.75, 3.05) is 13.7 Å². The predicted octanol–water partition coefficient (Wildman–Crippen LogP) is 5.70. The number of H-pyrrole nitrogens is 1. The van der Waals surface area contributed by atoms with Crippen LogP contribution in [0.25, 0.3) is 11.3 Å². The summed E-state index contributed by atoms with van der Waals surface area (Å²) in [6, 6.07) is 23.2. The number of amides is 1. The standard InChI is InChI=1S/C29H29N3O3/c1-18(2)20-10-12-21(13-11-20)28-25-26(23-6-4-5-7-24(23)33)30-31-27(25)29(34)32(28)17-16-19-8-14-22(35-3)15-9-19/h4-15,18,28,33H,16-17H2,1-3H3,(H,30,31)/t28-/m0/s1. The highest BCUT2D eigenvalue weighted by atomic mass is 16.5. The molecule has 0 fully saturated rings. The molecule has 1 atom stereocenters. The Kier molecular flexibility index (Phi) is 6.03. The summed E-state index contributed by atoms with van der Waals surface area (Å²) in [6.45, 7) is 4.88. The lowest BCUT2D eigenvalue weighted by Gasteiger charge is -2.27. The summed E-state index contributed by atoms with van der Waals surface area (Å²) in [5.41, 5.74) is 5.90. The molecule has 6 heteroatoms. The fourth-order valence-corrected chi connectivity index (χ4v) is 4.76. The first-order chi connectivity index (χ1) is 17.0. The van der Waals surface area contributed by atoms with Gasteiger partial charge in [0.2, 0.25) is 0 Å². The van der Waals surface area contributed by atoms with Crippen molar-refractivity contribution in [3.05, 3.63) is 101 Å². The largest absolute Gasteiger partial charge is 0.507 e. The zero-order valence-corrected chi connectivity index (χ0v) is 20.2. The molecule has 0 saturated heterocycles. The van der Waals surface area contributed by atoms with Crippen LogP contribution in [0.3, 0.4) is 0 Å². The monoisotopic (exact) mass is 467 g/mol. The van der Waals surface area contributed by atoms with Crippen molar-refractivity contribution in [1.29, 1.82) is 0 Å². The smallest absolute Gasteiger partial charge is 0.273 e. The number of rotatable bonds is 7. The Bertz CT molecular complexity index is 1340. The molecule has 0 aliphatic carbocycles. The average Bonchev–Trinajstić information content (AvgIpc) is 3.42. The average molecular weight is 468 g/mol. The molecule has 0 unspecified atom stereocenters. The van der Waals surface area contributed by atoms with Gasteiger partial charge in [0, 0.05) is 17.7 Å². The van der Waals surface area contributed by atoms with E-state index in [4.69, 9.17) is 4.74 Å². The van der Waals surface area contributed by atoms with E-state index in [1.165, 1.54) is 5.56 Å². The summed E-state index contributed by atoms with van der Waals surface area (Å²) in [6.07, 6.45) is 0.708. The van der Waals surface area contributed by atoms with Gasteiger partial charge in [-0.3, -0.25) is 9.89 Å². The number of phenolic OH excluding ortho intramolecular Hbond substituents is 1. The van der Waals surface area contributed by atoms with Crippen LogP contribution in [0, 0.1) is 0 Å². The second-order valence-electron chi connectivity index (χ2n) is 9.20. The van der Waals surface area contributed by atoms with Crippen LogP contribution < -0.4 is 4.74 Å². The molecule has 6 nitrogen and oxygen atoms in total. The summed E-state index contributed by atoms with van der Waals surface area (Å²) in [5, 5.41) is 18.0. The Morgan fingerprint density at radius 3 is 2.40 bits per heavy atom. The Balaban J connectivity index is 1.55. The number of methoxy groups -OCH3 is 1. The van der Waals surface area contributed by atoms with Crippen LogP contribution >= 0.6 is 0 Å². The van der Waals surface area contributed by atoms with Gasteiger partial charge in [-0.25, -0.2) is 0 Å². The van der Waals surface area contributed by atoms with Crippen molar-refractivity contribution in [2.45, 2.75) is 32.2 Å². The highest BCUT2D eigenvalue weighted by Gasteiger charge is 2.42. The van der Waals surface area contributed by atoms with Crippen molar-refractivity contribution in [3.63, 3.8) is 0 Å². The van der Waals surface area contributed by atoms with E-state index in [9.17, 15) is 9.90 Å². The molecule has 2 heterocycles. The van der Waals surface area contributed by atoms with Crippen LogP contribution in [0.2, 0.25) is 0 Å². The zero-order valence-electron chi connectivity index (χ0n) is 20.2. The Morgan fingerprint density at radius 2 is 1.74 bits per heavy atom. The predicted molar refractivity (Wildman–Crippen MR) is 136 cm³/mol. The van der Waals surface area contributed by atoms with Crippen LogP contribution in [0.4, 0.5) is 0 Å². The molecule has 35 heavy (non-hydrogen) atoms. The molecule has 1 aliphatic rings. The van der Waals surface area contributed by atoms with Gasteiger partial charge in [0.1, 0.15) is 22.9 Å². The van der Waals surface area contributed by atoms with Gasteiger partial charge in [-0.15, -0.1) is 0 Å². The van der Waals surface area contributed by atoms with Gasteiger partial charge in [0.05, 0.1) is 13.2 Å². The number of carbonyl (C=O) groups excluding carboxylic acids is 1. The first-order valence-electron chi connectivity index (χ1n) is 11.9. The molecular weight excluding hydrogens is 438 g/mol. The van der Waals surface area contributed by atoms with E-state index in [1.54, 1.807) is 19.2 Å². The van der Waals surface area contributed by atoms with Gasteiger partial charge in [-0.2, -0.15) is 5.10 Å². The SMILES string of the molecule is COc1ccc(CCN2C(=O)c3[nH]nc(-c4ccccc4O)c3[C@@H]2c2ccc(C(C)C)cc2)cc1. The lowest BCUT2D eigenvalue weighted by atomic mass is 9.93. The third-order valence-corrected chi connectivity index (χ3v) is 6.74. The van der Waals surface area contributed by atoms with Crippen molar-refractivity contribution >= 4 is 5.91 Å². The van der Waals surface area contributed by atoms with E-state index >= 15 is 0 Å². The molecule has 0 spiro atoms. The Hall–Kier alpha value is -4.06. The summed E-state index contributed by atoms with van der Waals surface area (Å²) < 4.78 is 5.27. The summed E-state index contributed by atoms with van der Waals surface area (Å²) in [4.78, 5) is 15.5. The normalized spacial score (nSPS) is 15.0. The molecule has 178 valence electrons. The number of nitrogens with one attached hydrogen (secondary N) is 1. The van der Waals surface area contributed by atoms with Gasteiger partial charge in [0.25, 0.3) is 5.91 Å². The molecule has 0 radical (unpaired) electrons. The summed E-state index contributed by atoms with van der Waals surface area (Å²) >= 11 is 0. The van der Waals surface area contributed by atoms with Gasteiger partial charge < -0.3 is 14.7 Å². The Morgan fingerprint density at radius 1 is 1.03 bits per heavy atom. The number of aromatic amines is 1. The maximum absolute atomic E-state index is 13.6. The van der Waals surface area contributed by atoms with E-state index in [2.05, 4.69) is 48.3 Å². The van der Waals surface area contributed by atoms with Crippen LogP contribution in [0.1, 0.15) is 58.5 Å². The number of aromatic nitrogens is 2. The molecule has 1 amide bonds. The van der Waals surface area contributed by atoms with Crippen LogP contribution in [-0.2, 0) is 6.42 Å². The quantitative estimate of drug-likeness (QED) is 0.365. The lowest BCUT2D eigenvalue weighted by molar-refractivity contribution is 0.0746. The van der Waals surface area contributed by atoms with Crippen molar-refractivity contribution in [3.8, 4) is 22.8 Å². The maximum Gasteiger partial charge on any atom is 0.273 e. The number of fused-ring (bicyclic) bond motifs is 1. The molecule has 4 aromatic rings. The minimum Gasteiger partial charge on any atom is -0.507 e. The van der Waals surface area contributed by atoms with Crippen molar-refractivity contribution < 1.29 is 14.6 Å². The number of benzene rings is 3. The van der Waals surface area contributed by atoms with Crippen molar-refractivity contribution in [2.24, 2.45) is 0 Å². The van der Waals surface area contributed by atoms with E-state index in [1.807, 2.05) is 41.3 Å². The van der Waals surface area contributed by atoms with Gasteiger partial charge in [-0.1, -0.05) is 62.4 Å². The molecule has 5 rings (SSSR count). The zero-order chi connectivity index (χ0) is 24.5. The van der Waals surface area contributed by atoms with Crippen molar-refractivity contribution in [1.82, 2.24) is 15.1 Å². The van der Waals surface area contributed by atoms with Gasteiger partial charge in [-0.05, 0) is 53.3 Å². The molecular formula is C29H29N3O3. The van der Waals surface area contributed by atoms with E-state index in [0.717, 1.165) is 22.4 Å².